The highest BCUT2D eigenvalue weighted by molar-refractivity contribution is 5.88. The van der Waals surface area contributed by atoms with E-state index < -0.39 is 5.54 Å². The second kappa shape index (κ2) is 3.58. The van der Waals surface area contributed by atoms with E-state index in [1.165, 1.54) is 0 Å². The first-order valence-electron chi connectivity index (χ1n) is 4.96. The number of rotatable bonds is 3. The minimum atomic E-state index is -0.609. The fourth-order valence-electron chi connectivity index (χ4n) is 1.31. The molecule has 5 heteroatoms. The molecular formula is C10H14N4O. The van der Waals surface area contributed by atoms with Crippen molar-refractivity contribution in [3.05, 3.63) is 23.8 Å². The third-order valence-corrected chi connectivity index (χ3v) is 2.50. The number of carbonyl (C=O) groups is 1. The molecule has 5 nitrogen and oxygen atoms in total. The molecule has 1 heterocycles. The molecule has 1 aromatic heterocycles. The molecule has 1 aliphatic carbocycles. The summed E-state index contributed by atoms with van der Waals surface area (Å²) in [4.78, 5) is 19.7. The summed E-state index contributed by atoms with van der Waals surface area (Å²) in [6.45, 7) is 2.23. The molecule has 1 saturated carbocycles. The maximum Gasteiger partial charge on any atom is 0.240 e. The number of nitrogens with two attached hydrogens (primary N) is 1. The van der Waals surface area contributed by atoms with Gasteiger partial charge in [-0.1, -0.05) is 0 Å². The monoisotopic (exact) mass is 206 g/mol. The Morgan fingerprint density at radius 1 is 1.67 bits per heavy atom. The maximum absolute atomic E-state index is 11.5. The van der Waals surface area contributed by atoms with Gasteiger partial charge in [-0.25, -0.2) is 9.97 Å². The fraction of sp³-hybridized carbons (Fsp3) is 0.500. The van der Waals surface area contributed by atoms with E-state index in [0.717, 1.165) is 18.5 Å². The molecular weight excluding hydrogens is 192 g/mol. The Labute approximate surface area is 88.1 Å². The minimum Gasteiger partial charge on any atom is -0.349 e. The van der Waals surface area contributed by atoms with Gasteiger partial charge in [0.25, 0.3) is 0 Å². The first-order chi connectivity index (χ1) is 7.10. The molecule has 0 aliphatic heterocycles. The third kappa shape index (κ3) is 2.30. The van der Waals surface area contributed by atoms with Crippen LogP contribution in [-0.4, -0.2) is 21.4 Å². The summed E-state index contributed by atoms with van der Waals surface area (Å²) >= 11 is 0. The van der Waals surface area contributed by atoms with Crippen LogP contribution >= 0.6 is 0 Å². The lowest BCUT2D eigenvalue weighted by atomic mass is 10.2. The van der Waals surface area contributed by atoms with Crippen LogP contribution in [0.4, 0.5) is 0 Å². The van der Waals surface area contributed by atoms with E-state index in [1.54, 1.807) is 12.3 Å². The van der Waals surface area contributed by atoms with Crippen molar-refractivity contribution in [1.29, 1.82) is 0 Å². The van der Waals surface area contributed by atoms with Crippen LogP contribution in [-0.2, 0) is 11.3 Å². The van der Waals surface area contributed by atoms with Crippen LogP contribution < -0.4 is 11.1 Å². The summed E-state index contributed by atoms with van der Waals surface area (Å²) < 4.78 is 0. The normalized spacial score (nSPS) is 17.2. The highest BCUT2D eigenvalue weighted by atomic mass is 16.2. The Hall–Kier alpha value is -1.49. The molecule has 0 spiro atoms. The smallest absolute Gasteiger partial charge is 0.240 e. The lowest BCUT2D eigenvalue weighted by Gasteiger charge is -2.09. The van der Waals surface area contributed by atoms with Gasteiger partial charge >= 0.3 is 0 Å². The average molecular weight is 206 g/mol. The third-order valence-electron chi connectivity index (χ3n) is 2.50. The van der Waals surface area contributed by atoms with Gasteiger partial charge in [-0.2, -0.15) is 0 Å². The molecule has 0 aromatic carbocycles. The number of aromatic nitrogens is 2. The zero-order chi connectivity index (χ0) is 10.9. The molecule has 1 aliphatic rings. The van der Waals surface area contributed by atoms with E-state index in [-0.39, 0.29) is 5.91 Å². The summed E-state index contributed by atoms with van der Waals surface area (Å²) in [5.74, 6) is 0.620. The molecule has 0 atom stereocenters. The lowest BCUT2D eigenvalue weighted by molar-refractivity contribution is -0.123. The Balaban J connectivity index is 1.90. The quantitative estimate of drug-likeness (QED) is 0.723. The van der Waals surface area contributed by atoms with E-state index in [4.69, 9.17) is 5.73 Å². The average Bonchev–Trinajstić information content (AvgIpc) is 2.94. The van der Waals surface area contributed by atoms with Gasteiger partial charge in [0, 0.05) is 6.20 Å². The molecule has 0 unspecified atom stereocenters. The molecule has 80 valence electrons. The highest BCUT2D eigenvalue weighted by Gasteiger charge is 2.45. The zero-order valence-electron chi connectivity index (χ0n) is 8.66. The van der Waals surface area contributed by atoms with Crippen molar-refractivity contribution in [2.45, 2.75) is 31.8 Å². The minimum absolute atomic E-state index is 0.0845. The van der Waals surface area contributed by atoms with Gasteiger partial charge in [-0.3, -0.25) is 4.79 Å². The molecule has 1 amide bonds. The summed E-state index contributed by atoms with van der Waals surface area (Å²) in [6.07, 6.45) is 3.24. The molecule has 0 radical (unpaired) electrons. The van der Waals surface area contributed by atoms with Crippen LogP contribution in [0.25, 0.3) is 0 Å². The van der Waals surface area contributed by atoms with E-state index in [9.17, 15) is 4.79 Å². The molecule has 2 rings (SSSR count). The van der Waals surface area contributed by atoms with Gasteiger partial charge in [0.05, 0.1) is 17.8 Å². The topological polar surface area (TPSA) is 80.9 Å². The van der Waals surface area contributed by atoms with E-state index in [2.05, 4.69) is 15.3 Å². The van der Waals surface area contributed by atoms with E-state index in [1.807, 2.05) is 6.92 Å². The largest absolute Gasteiger partial charge is 0.349 e. The predicted octanol–water partition coefficient (Wildman–Crippen LogP) is -0.107. The number of carbonyl (C=O) groups excluding carboxylic acids is 1. The highest BCUT2D eigenvalue weighted by Crippen LogP contribution is 2.32. The number of hydrogen-bond acceptors (Lipinski definition) is 4. The van der Waals surface area contributed by atoms with Crippen LogP contribution in [0, 0.1) is 6.92 Å². The molecule has 1 fully saturated rings. The first-order valence-corrected chi connectivity index (χ1v) is 4.96. The Morgan fingerprint density at radius 2 is 2.40 bits per heavy atom. The number of nitrogens with zero attached hydrogens (tertiary/aromatic N) is 2. The van der Waals surface area contributed by atoms with Crippen LogP contribution in [0.5, 0.6) is 0 Å². The molecule has 3 N–H and O–H groups in total. The molecule has 1 aromatic rings. The van der Waals surface area contributed by atoms with Gasteiger partial charge in [0.2, 0.25) is 5.91 Å². The standard InChI is InChI=1S/C10H14N4O/c1-7-12-5-2-8(14-7)6-13-9(15)10(11)3-4-10/h2,5H,3-4,6,11H2,1H3,(H,13,15). The molecule has 0 saturated heterocycles. The number of amides is 1. The Bertz CT molecular complexity index is 387. The first kappa shape index (κ1) is 10.0. The number of hydrogen-bond donors (Lipinski definition) is 2. The SMILES string of the molecule is Cc1nccc(CNC(=O)C2(N)CC2)n1. The van der Waals surface area contributed by atoms with Crippen LogP contribution in [0.2, 0.25) is 0 Å². The fourth-order valence-corrected chi connectivity index (χ4v) is 1.31. The van der Waals surface area contributed by atoms with Crippen molar-refractivity contribution >= 4 is 5.91 Å². The van der Waals surface area contributed by atoms with Crippen molar-refractivity contribution in [2.75, 3.05) is 0 Å². The van der Waals surface area contributed by atoms with Gasteiger partial charge in [0.1, 0.15) is 5.82 Å². The van der Waals surface area contributed by atoms with Gasteiger partial charge < -0.3 is 11.1 Å². The van der Waals surface area contributed by atoms with Crippen LogP contribution in [0.1, 0.15) is 24.4 Å². The zero-order valence-corrected chi connectivity index (χ0v) is 8.66. The Kier molecular flexibility index (Phi) is 2.40. The lowest BCUT2D eigenvalue weighted by Crippen LogP contribution is -2.42. The van der Waals surface area contributed by atoms with Crippen molar-refractivity contribution in [3.8, 4) is 0 Å². The maximum atomic E-state index is 11.5. The molecule has 15 heavy (non-hydrogen) atoms. The second-order valence-corrected chi connectivity index (χ2v) is 3.93. The van der Waals surface area contributed by atoms with Crippen molar-refractivity contribution in [2.24, 2.45) is 5.73 Å². The Morgan fingerprint density at radius 3 is 3.00 bits per heavy atom. The number of aryl methyl sites for hydroxylation is 1. The second-order valence-electron chi connectivity index (χ2n) is 3.93. The van der Waals surface area contributed by atoms with Crippen LogP contribution in [0.15, 0.2) is 12.3 Å². The van der Waals surface area contributed by atoms with Gasteiger partial charge in [0.15, 0.2) is 0 Å². The van der Waals surface area contributed by atoms with Gasteiger partial charge in [-0.05, 0) is 25.8 Å². The predicted molar refractivity (Wildman–Crippen MR) is 54.8 cm³/mol. The summed E-state index contributed by atoms with van der Waals surface area (Å²) in [5.41, 5.74) is 5.94. The van der Waals surface area contributed by atoms with Gasteiger partial charge in [-0.15, -0.1) is 0 Å². The molecule has 0 bridgehead atoms. The van der Waals surface area contributed by atoms with Crippen molar-refractivity contribution < 1.29 is 4.79 Å². The summed E-state index contributed by atoms with van der Waals surface area (Å²) in [6, 6.07) is 1.78. The van der Waals surface area contributed by atoms with E-state index >= 15 is 0 Å². The summed E-state index contributed by atoms with van der Waals surface area (Å²) in [7, 11) is 0. The van der Waals surface area contributed by atoms with Crippen LogP contribution in [0.3, 0.4) is 0 Å². The van der Waals surface area contributed by atoms with Crippen molar-refractivity contribution in [3.63, 3.8) is 0 Å². The van der Waals surface area contributed by atoms with E-state index in [0.29, 0.717) is 12.4 Å². The summed E-state index contributed by atoms with van der Waals surface area (Å²) in [5, 5.41) is 2.77. The number of nitrogens with one attached hydrogen (secondary N) is 1. The van der Waals surface area contributed by atoms with Crippen molar-refractivity contribution in [1.82, 2.24) is 15.3 Å².